The minimum absolute atomic E-state index is 0. The van der Waals surface area contributed by atoms with E-state index in [2.05, 4.69) is 15.5 Å². The number of nitrogens with one attached hydrogen (secondary N) is 1. The molecule has 0 heterocycles. The fraction of sp³-hybridized carbons (Fsp3) is 0.0800. The number of hydrogen-bond donors (Lipinski definition) is 2. The van der Waals surface area contributed by atoms with Crippen molar-refractivity contribution in [3.05, 3.63) is 81.8 Å². The fourth-order valence-corrected chi connectivity index (χ4v) is 4.82. The van der Waals surface area contributed by atoms with Crippen LogP contribution in [-0.2, 0) is 10.1 Å². The molecule has 0 spiro atoms. The second kappa shape index (κ2) is 12.0. The minimum Gasteiger partial charge on any atom is -0.870 e. The van der Waals surface area contributed by atoms with Crippen LogP contribution in [0, 0.1) is 6.92 Å². The average Bonchev–Trinajstić information content (AvgIpc) is 2.84. The molecular formula is C25H18Cl2N3NaO6S. The zero-order chi connectivity index (χ0) is 26.9. The second-order valence-corrected chi connectivity index (χ2v) is 10.0. The molecule has 0 bridgehead atoms. The number of amides is 1. The van der Waals surface area contributed by atoms with Gasteiger partial charge < -0.3 is 15.2 Å². The van der Waals surface area contributed by atoms with Crippen molar-refractivity contribution in [2.45, 2.75) is 11.8 Å². The van der Waals surface area contributed by atoms with Gasteiger partial charge in [-0.15, -0.1) is 5.11 Å². The summed E-state index contributed by atoms with van der Waals surface area (Å²) in [6.45, 7) is 1.40. The number of nitrogens with zero attached hydrogens (tertiary/aromatic N) is 2. The van der Waals surface area contributed by atoms with E-state index < -0.39 is 21.8 Å². The molecule has 4 aromatic rings. The normalized spacial score (nSPS) is 11.4. The van der Waals surface area contributed by atoms with Gasteiger partial charge in [-0.3, -0.25) is 9.35 Å². The maximum absolute atomic E-state index is 13.4. The first kappa shape index (κ1) is 29.9. The Morgan fingerprint density at radius 1 is 1.05 bits per heavy atom. The summed E-state index contributed by atoms with van der Waals surface area (Å²) < 4.78 is 37.7. The number of halogens is 2. The van der Waals surface area contributed by atoms with E-state index in [1.54, 1.807) is 36.4 Å². The summed E-state index contributed by atoms with van der Waals surface area (Å²) in [5.41, 5.74) is 0.0921. The monoisotopic (exact) mass is 581 g/mol. The SMILES string of the molecule is COc1ccc(Cl)cc1NC(=O)c1cc2ccccc2c(N=Nc2ccc(S(=O)(=O)O)c(C)c2Cl)c1[O-].[Na+]. The van der Waals surface area contributed by atoms with E-state index in [-0.39, 0.29) is 67.7 Å². The summed E-state index contributed by atoms with van der Waals surface area (Å²) in [5, 5.41) is 25.4. The number of carbonyl (C=O) groups is 1. The molecular weight excluding hydrogens is 564 g/mol. The van der Waals surface area contributed by atoms with Crippen LogP contribution in [0.4, 0.5) is 17.1 Å². The van der Waals surface area contributed by atoms with E-state index in [4.69, 9.17) is 27.9 Å². The molecule has 0 unspecified atom stereocenters. The van der Waals surface area contributed by atoms with Crippen LogP contribution in [-0.4, -0.2) is 26.0 Å². The maximum atomic E-state index is 13.4. The van der Waals surface area contributed by atoms with Crippen molar-refractivity contribution >= 4 is 67.1 Å². The van der Waals surface area contributed by atoms with E-state index >= 15 is 0 Å². The van der Waals surface area contributed by atoms with E-state index in [0.29, 0.717) is 21.5 Å². The molecule has 4 rings (SSSR count). The molecule has 9 nitrogen and oxygen atoms in total. The van der Waals surface area contributed by atoms with Crippen LogP contribution >= 0.6 is 23.2 Å². The number of ether oxygens (including phenoxy) is 1. The summed E-state index contributed by atoms with van der Waals surface area (Å²) in [6.07, 6.45) is 0. The van der Waals surface area contributed by atoms with Gasteiger partial charge in [0.25, 0.3) is 16.0 Å². The van der Waals surface area contributed by atoms with Crippen molar-refractivity contribution in [1.82, 2.24) is 0 Å². The number of benzene rings is 4. The summed E-state index contributed by atoms with van der Waals surface area (Å²) in [5.74, 6) is -1.05. The van der Waals surface area contributed by atoms with E-state index in [0.717, 1.165) is 6.07 Å². The fourth-order valence-electron chi connectivity index (χ4n) is 3.66. The van der Waals surface area contributed by atoms with E-state index in [9.17, 15) is 22.9 Å². The second-order valence-electron chi connectivity index (χ2n) is 7.82. The zero-order valence-corrected chi connectivity index (χ0v) is 24.6. The maximum Gasteiger partial charge on any atom is 1.00 e. The molecule has 0 aromatic heterocycles. The Kier molecular flexibility index (Phi) is 9.43. The van der Waals surface area contributed by atoms with Gasteiger partial charge in [0.1, 0.15) is 11.4 Å². The van der Waals surface area contributed by atoms with Gasteiger partial charge >= 0.3 is 29.6 Å². The molecule has 13 heteroatoms. The van der Waals surface area contributed by atoms with Crippen LogP contribution in [0.2, 0.25) is 10.0 Å². The molecule has 190 valence electrons. The molecule has 4 aromatic carbocycles. The molecule has 0 atom stereocenters. The summed E-state index contributed by atoms with van der Waals surface area (Å²) >= 11 is 12.3. The number of methoxy groups -OCH3 is 1. The van der Waals surface area contributed by atoms with Crippen molar-refractivity contribution in [1.29, 1.82) is 0 Å². The standard InChI is InChI=1S/C25H19Cl2N3O6S.Na/c1-13-21(37(33,34)35)10-8-18(22(13)27)29-30-23-16-6-4-3-5-14(16)11-17(24(23)31)25(32)28-19-12-15(26)7-9-20(19)36-2;/h3-12,31H,1-2H3,(H,28,32)(H,33,34,35);/q;+1/p-1. The summed E-state index contributed by atoms with van der Waals surface area (Å²) in [6, 6.07) is 15.3. The topological polar surface area (TPSA) is 140 Å². The van der Waals surface area contributed by atoms with Crippen LogP contribution in [0.3, 0.4) is 0 Å². The minimum atomic E-state index is -4.49. The molecule has 0 aliphatic heterocycles. The van der Waals surface area contributed by atoms with Gasteiger partial charge in [0.05, 0.1) is 28.4 Å². The Morgan fingerprint density at radius 2 is 1.76 bits per heavy atom. The largest absolute Gasteiger partial charge is 1.00 e. The number of hydrogen-bond acceptors (Lipinski definition) is 7. The van der Waals surface area contributed by atoms with Crippen molar-refractivity contribution < 1.29 is 57.2 Å². The third kappa shape index (κ3) is 6.13. The first-order valence-electron chi connectivity index (χ1n) is 10.6. The van der Waals surface area contributed by atoms with Gasteiger partial charge in [-0.25, -0.2) is 0 Å². The van der Waals surface area contributed by atoms with Gasteiger partial charge in [-0.2, -0.15) is 13.5 Å². The Balaban J connectivity index is 0.00000400. The quantitative estimate of drug-likeness (QED) is 0.203. The van der Waals surface area contributed by atoms with Gasteiger partial charge in [-0.05, 0) is 54.3 Å². The van der Waals surface area contributed by atoms with Crippen molar-refractivity contribution in [2.24, 2.45) is 10.2 Å². The zero-order valence-electron chi connectivity index (χ0n) is 20.3. The van der Waals surface area contributed by atoms with Crippen molar-refractivity contribution in [3.63, 3.8) is 0 Å². The predicted molar refractivity (Wildman–Crippen MR) is 140 cm³/mol. The van der Waals surface area contributed by atoms with Crippen molar-refractivity contribution in [3.8, 4) is 11.5 Å². The smallest absolute Gasteiger partial charge is 0.870 e. The molecule has 0 fully saturated rings. The van der Waals surface area contributed by atoms with Crippen LogP contribution in [0.5, 0.6) is 11.5 Å². The Morgan fingerprint density at radius 3 is 2.45 bits per heavy atom. The average molecular weight is 582 g/mol. The first-order chi connectivity index (χ1) is 17.5. The van der Waals surface area contributed by atoms with Gasteiger partial charge in [0.15, 0.2) is 0 Å². The van der Waals surface area contributed by atoms with Crippen LogP contribution in [0.25, 0.3) is 10.8 Å². The Bertz CT molecular complexity index is 1700. The number of carbonyl (C=O) groups excluding carboxylic acids is 1. The van der Waals surface area contributed by atoms with E-state index in [1.165, 1.54) is 32.2 Å². The van der Waals surface area contributed by atoms with Gasteiger partial charge in [0.2, 0.25) is 0 Å². The molecule has 0 radical (unpaired) electrons. The number of fused-ring (bicyclic) bond motifs is 1. The first-order valence-corrected chi connectivity index (χ1v) is 12.8. The van der Waals surface area contributed by atoms with Gasteiger partial charge in [-0.1, -0.05) is 53.2 Å². The Labute approximate surface area is 250 Å². The molecule has 0 aliphatic rings. The van der Waals surface area contributed by atoms with Crippen molar-refractivity contribution in [2.75, 3.05) is 12.4 Å². The molecule has 2 N–H and O–H groups in total. The van der Waals surface area contributed by atoms with Gasteiger partial charge in [0, 0.05) is 16.0 Å². The Hall–Kier alpha value is -2.70. The number of anilines is 1. The number of rotatable bonds is 6. The summed E-state index contributed by atoms with van der Waals surface area (Å²) in [4.78, 5) is 12.8. The third-order valence-electron chi connectivity index (χ3n) is 5.48. The number of azo groups is 1. The molecule has 38 heavy (non-hydrogen) atoms. The summed E-state index contributed by atoms with van der Waals surface area (Å²) in [7, 11) is -3.06. The molecule has 1 amide bonds. The van der Waals surface area contributed by atoms with Crippen LogP contribution in [0.1, 0.15) is 15.9 Å². The third-order valence-corrected chi connectivity index (χ3v) is 7.19. The molecule has 0 saturated carbocycles. The van der Waals surface area contributed by atoms with Crippen LogP contribution in [0.15, 0.2) is 75.8 Å². The predicted octanol–water partition coefficient (Wildman–Crippen LogP) is 3.46. The van der Waals surface area contributed by atoms with Crippen LogP contribution < -0.4 is 44.7 Å². The molecule has 0 aliphatic carbocycles. The molecule has 0 saturated heterocycles. The van der Waals surface area contributed by atoms with E-state index in [1.807, 2.05) is 0 Å².